The van der Waals surface area contributed by atoms with Crippen LogP contribution in [0.15, 0.2) is 18.5 Å². The van der Waals surface area contributed by atoms with Gasteiger partial charge in [0.05, 0.1) is 6.20 Å². The van der Waals surface area contributed by atoms with Crippen LogP contribution in [-0.2, 0) is 11.5 Å². The fourth-order valence-corrected chi connectivity index (χ4v) is 4.03. The van der Waals surface area contributed by atoms with E-state index >= 15 is 0 Å². The fraction of sp³-hybridized carbons (Fsp3) is 0.632. The van der Waals surface area contributed by atoms with Crippen molar-refractivity contribution in [3.8, 4) is 0 Å². The number of anilines is 1. The number of fused-ring (bicyclic) bond motifs is 1. The van der Waals surface area contributed by atoms with Gasteiger partial charge in [-0.2, -0.15) is 0 Å². The molecule has 1 fully saturated rings. The van der Waals surface area contributed by atoms with Crippen molar-refractivity contribution in [1.29, 1.82) is 0 Å². The Morgan fingerprint density at radius 2 is 2.21 bits per heavy atom. The highest BCUT2D eigenvalue weighted by Gasteiger charge is 2.20. The first kappa shape index (κ1) is 20.8. The topological polar surface area (TPSA) is 93.1 Å². The molecule has 1 saturated heterocycles. The smallest absolute Gasteiger partial charge is 0.320 e. The van der Waals surface area contributed by atoms with Crippen LogP contribution in [0.5, 0.6) is 0 Å². The molecule has 2 aromatic heterocycles. The predicted molar refractivity (Wildman–Crippen MR) is 114 cm³/mol. The second-order valence-electron chi connectivity index (χ2n) is 8.89. The number of carbonyl (C=O) groups is 1. The van der Waals surface area contributed by atoms with Gasteiger partial charge in [0.1, 0.15) is 12.2 Å². The maximum Gasteiger partial charge on any atom is 0.320 e. The lowest BCUT2D eigenvalue weighted by atomic mass is 9.98. The van der Waals surface area contributed by atoms with E-state index in [9.17, 15) is 4.79 Å². The van der Waals surface area contributed by atoms with E-state index < -0.39 is 8.07 Å². The normalized spacial score (nSPS) is 20.3. The molecule has 3 N–H and O–H groups in total. The molecule has 3 heterocycles. The molecule has 8 nitrogen and oxygen atoms in total. The molecule has 154 valence electrons. The average Bonchev–Trinajstić information content (AvgIpc) is 3.00. The molecule has 0 spiro atoms. The molecule has 2 atom stereocenters. The molecule has 0 aromatic carbocycles. The Morgan fingerprint density at radius 1 is 1.39 bits per heavy atom. The summed E-state index contributed by atoms with van der Waals surface area (Å²) in [6.45, 7) is 12.2. The summed E-state index contributed by atoms with van der Waals surface area (Å²) in [5, 5.41) is 9.11. The van der Waals surface area contributed by atoms with Crippen LogP contribution in [0.25, 0.3) is 11.2 Å². The largest absolute Gasteiger partial charge is 0.361 e. The van der Waals surface area contributed by atoms with Crippen LogP contribution in [0.3, 0.4) is 0 Å². The van der Waals surface area contributed by atoms with Crippen LogP contribution < -0.4 is 16.0 Å². The summed E-state index contributed by atoms with van der Waals surface area (Å²) in [5.41, 5.74) is 1.49. The summed E-state index contributed by atoms with van der Waals surface area (Å²) >= 11 is 0. The van der Waals surface area contributed by atoms with Crippen LogP contribution in [0.2, 0.25) is 25.7 Å². The Kier molecular flexibility index (Phi) is 6.68. The number of piperidine rings is 1. The quantitative estimate of drug-likeness (QED) is 0.487. The van der Waals surface area contributed by atoms with Crippen molar-refractivity contribution >= 4 is 31.1 Å². The Hall–Kier alpha value is -1.97. The zero-order valence-electron chi connectivity index (χ0n) is 17.3. The highest BCUT2D eigenvalue weighted by molar-refractivity contribution is 6.76. The second kappa shape index (κ2) is 9.02. The number of nitrogens with one attached hydrogen (secondary N) is 3. The van der Waals surface area contributed by atoms with Gasteiger partial charge in [0, 0.05) is 33.5 Å². The summed E-state index contributed by atoms with van der Waals surface area (Å²) in [4.78, 5) is 21.2. The summed E-state index contributed by atoms with van der Waals surface area (Å²) in [6, 6.07) is 2.91. The van der Waals surface area contributed by atoms with Gasteiger partial charge in [0.15, 0.2) is 11.5 Å². The Morgan fingerprint density at radius 3 is 2.96 bits per heavy atom. The Labute approximate surface area is 167 Å². The zero-order chi connectivity index (χ0) is 20.1. The van der Waals surface area contributed by atoms with E-state index in [1.165, 1.54) is 0 Å². The molecule has 3 rings (SSSR count). The minimum Gasteiger partial charge on any atom is -0.361 e. The molecular weight excluding hydrogens is 372 g/mol. The van der Waals surface area contributed by atoms with E-state index in [1.54, 1.807) is 6.20 Å². The van der Waals surface area contributed by atoms with Crippen LogP contribution in [0.4, 0.5) is 10.6 Å². The number of hydrogen-bond acceptors (Lipinski definition) is 5. The van der Waals surface area contributed by atoms with Gasteiger partial charge in [-0.15, -0.1) is 0 Å². The summed E-state index contributed by atoms with van der Waals surface area (Å²) < 4.78 is 7.73. The van der Waals surface area contributed by atoms with Gasteiger partial charge in [0.2, 0.25) is 0 Å². The van der Waals surface area contributed by atoms with Crippen molar-refractivity contribution in [3.05, 3.63) is 18.5 Å². The molecule has 0 aliphatic carbocycles. The van der Waals surface area contributed by atoms with Crippen molar-refractivity contribution in [2.45, 2.75) is 51.8 Å². The minimum atomic E-state index is -1.09. The van der Waals surface area contributed by atoms with E-state index in [0.29, 0.717) is 18.5 Å². The first-order chi connectivity index (χ1) is 13.3. The van der Waals surface area contributed by atoms with Crippen LogP contribution in [0.1, 0.15) is 13.3 Å². The number of nitrogens with zero attached hydrogens (tertiary/aromatic N) is 3. The monoisotopic (exact) mass is 404 g/mol. The first-order valence-electron chi connectivity index (χ1n) is 9.98. The maximum atomic E-state index is 12.2. The molecular formula is C19H32N6O2Si. The summed E-state index contributed by atoms with van der Waals surface area (Å²) in [5.74, 6) is 1.00. The van der Waals surface area contributed by atoms with Crippen molar-refractivity contribution in [2.24, 2.45) is 5.92 Å². The first-order valence-corrected chi connectivity index (χ1v) is 13.7. The number of aromatic nitrogens is 3. The van der Waals surface area contributed by atoms with E-state index in [1.807, 2.05) is 16.8 Å². The highest BCUT2D eigenvalue weighted by Crippen LogP contribution is 2.15. The number of carbonyl (C=O) groups excluding carboxylic acids is 1. The fourth-order valence-electron chi connectivity index (χ4n) is 3.27. The van der Waals surface area contributed by atoms with Gasteiger partial charge < -0.3 is 19.9 Å². The number of ether oxygens (including phenoxy) is 1. The third kappa shape index (κ3) is 6.01. The second-order valence-corrected chi connectivity index (χ2v) is 14.5. The molecule has 9 heteroatoms. The third-order valence-corrected chi connectivity index (χ3v) is 6.54. The molecule has 0 unspecified atom stereocenters. The molecule has 0 bridgehead atoms. The van der Waals surface area contributed by atoms with Crippen LogP contribution in [-0.4, -0.2) is 54.4 Å². The van der Waals surface area contributed by atoms with Crippen LogP contribution in [0, 0.1) is 5.92 Å². The van der Waals surface area contributed by atoms with E-state index in [0.717, 1.165) is 43.3 Å². The van der Waals surface area contributed by atoms with Crippen LogP contribution >= 0.6 is 0 Å². The standard InChI is InChI=1S/C19H32N6O2Si/c1-14-9-15(11-20-10-14)22-19(26)24-17-12-21-18-16(23-17)5-6-25(18)13-27-7-8-28(2,3)4/h5-6,12,14-15,20H,7-11,13H2,1-4H3,(H2,22,23,24,26)/t14-,15-/m1/s1. The van der Waals surface area contributed by atoms with Gasteiger partial charge in [0.25, 0.3) is 0 Å². The third-order valence-electron chi connectivity index (χ3n) is 4.84. The van der Waals surface area contributed by atoms with Gasteiger partial charge in [-0.1, -0.05) is 26.6 Å². The Bertz CT molecular complexity index is 803. The summed E-state index contributed by atoms with van der Waals surface area (Å²) in [7, 11) is -1.09. The van der Waals surface area contributed by atoms with Crippen molar-refractivity contribution in [2.75, 3.05) is 25.0 Å². The van der Waals surface area contributed by atoms with Crippen molar-refractivity contribution < 1.29 is 9.53 Å². The molecule has 0 saturated carbocycles. The maximum absolute atomic E-state index is 12.2. The molecule has 28 heavy (non-hydrogen) atoms. The molecule has 0 radical (unpaired) electrons. The molecule has 1 aliphatic rings. The molecule has 2 aromatic rings. The SMILES string of the molecule is C[C@H]1CNC[C@H](NC(=O)Nc2cnc3c(ccn3COCC[Si](C)(C)C)n2)C1. The van der Waals surface area contributed by atoms with Gasteiger partial charge in [-0.05, 0) is 31.0 Å². The predicted octanol–water partition coefficient (Wildman–Crippen LogP) is 2.86. The lowest BCUT2D eigenvalue weighted by Crippen LogP contribution is -2.49. The molecule has 2 amide bonds. The van der Waals surface area contributed by atoms with Gasteiger partial charge in [-0.25, -0.2) is 14.8 Å². The van der Waals surface area contributed by atoms with E-state index in [-0.39, 0.29) is 12.1 Å². The van der Waals surface area contributed by atoms with Gasteiger partial charge >= 0.3 is 6.03 Å². The van der Waals surface area contributed by atoms with E-state index in [4.69, 9.17) is 4.74 Å². The summed E-state index contributed by atoms with van der Waals surface area (Å²) in [6.07, 6.45) is 4.48. The van der Waals surface area contributed by atoms with Crippen molar-refractivity contribution in [1.82, 2.24) is 25.2 Å². The zero-order valence-corrected chi connectivity index (χ0v) is 18.3. The van der Waals surface area contributed by atoms with Gasteiger partial charge in [-0.3, -0.25) is 5.32 Å². The highest BCUT2D eigenvalue weighted by atomic mass is 28.3. The van der Waals surface area contributed by atoms with E-state index in [2.05, 4.69) is 52.5 Å². The Balaban J connectivity index is 1.53. The molecule has 1 aliphatic heterocycles. The number of amides is 2. The number of hydrogen-bond donors (Lipinski definition) is 3. The number of urea groups is 1. The minimum absolute atomic E-state index is 0.134. The lowest BCUT2D eigenvalue weighted by Gasteiger charge is -2.28. The van der Waals surface area contributed by atoms with Crippen molar-refractivity contribution in [3.63, 3.8) is 0 Å². The lowest BCUT2D eigenvalue weighted by molar-refractivity contribution is 0.0899. The average molecular weight is 405 g/mol. The number of rotatable bonds is 7.